The van der Waals surface area contributed by atoms with E-state index in [2.05, 4.69) is 54.9 Å². The minimum atomic E-state index is -1.31. The second-order valence-electron chi connectivity index (χ2n) is 3.92. The molecule has 0 atom stereocenters. The van der Waals surface area contributed by atoms with Gasteiger partial charge in [-0.1, -0.05) is 43.4 Å². The molecule has 0 nitrogen and oxygen atoms in total. The van der Waals surface area contributed by atoms with Crippen LogP contribution in [0, 0.1) is 11.5 Å². The topological polar surface area (TPSA) is 0 Å². The van der Waals surface area contributed by atoms with Crippen LogP contribution in [-0.2, 0) is 6.04 Å². The molecule has 0 heterocycles. The summed E-state index contributed by atoms with van der Waals surface area (Å²) in [6.07, 6.45) is 0. The van der Waals surface area contributed by atoms with Crippen molar-refractivity contribution in [3.05, 3.63) is 35.9 Å². The van der Waals surface area contributed by atoms with Crippen molar-refractivity contribution in [1.29, 1.82) is 0 Å². The van der Waals surface area contributed by atoms with Crippen LogP contribution in [-0.4, -0.2) is 8.07 Å². The van der Waals surface area contributed by atoms with E-state index in [1.807, 2.05) is 6.92 Å². The maximum absolute atomic E-state index is 3.36. The van der Waals surface area contributed by atoms with E-state index in [9.17, 15) is 0 Å². The Hall–Kier alpha value is -1.00. The van der Waals surface area contributed by atoms with Crippen LogP contribution in [0.3, 0.4) is 0 Å². The highest BCUT2D eigenvalue weighted by atomic mass is 28.3. The van der Waals surface area contributed by atoms with Gasteiger partial charge in [-0.15, -0.1) is 11.5 Å². The first-order valence-corrected chi connectivity index (χ1v) is 7.82. The van der Waals surface area contributed by atoms with Gasteiger partial charge >= 0.3 is 0 Å². The summed E-state index contributed by atoms with van der Waals surface area (Å²) in [5.74, 6) is 3.04. The third kappa shape index (κ3) is 3.48. The van der Waals surface area contributed by atoms with E-state index in [0.717, 1.165) is 6.04 Å². The maximum Gasteiger partial charge on any atom is 0.136 e. The van der Waals surface area contributed by atoms with Gasteiger partial charge in [0.2, 0.25) is 0 Å². The summed E-state index contributed by atoms with van der Waals surface area (Å²) in [7, 11) is -1.31. The number of hydrogen-bond acceptors (Lipinski definition) is 0. The van der Waals surface area contributed by atoms with Crippen molar-refractivity contribution in [2.24, 2.45) is 0 Å². The highest BCUT2D eigenvalue weighted by Gasteiger charge is 2.17. The lowest BCUT2D eigenvalue weighted by molar-refractivity contribution is 1.33. The number of hydrogen-bond donors (Lipinski definition) is 0. The van der Waals surface area contributed by atoms with Gasteiger partial charge in [-0.3, -0.25) is 0 Å². The van der Waals surface area contributed by atoms with Gasteiger partial charge in [-0.05, 0) is 18.5 Å². The molecule has 0 aliphatic heterocycles. The Morgan fingerprint density at radius 3 is 2.31 bits per heavy atom. The Labute approximate surface area is 82.0 Å². The van der Waals surface area contributed by atoms with Crippen LogP contribution in [0.25, 0.3) is 0 Å². The molecule has 0 saturated carbocycles. The van der Waals surface area contributed by atoms with Crippen LogP contribution >= 0.6 is 0 Å². The fourth-order valence-electron chi connectivity index (χ4n) is 1.49. The molecule has 0 aliphatic rings. The molecule has 0 radical (unpaired) electrons. The molecular formula is C12H16Si. The van der Waals surface area contributed by atoms with Crippen LogP contribution in [0.15, 0.2) is 30.3 Å². The fraction of sp³-hybridized carbons (Fsp3) is 0.333. The largest absolute Gasteiger partial charge is 0.136 e. The third-order valence-corrected chi connectivity index (χ3v) is 4.17. The Kier molecular flexibility index (Phi) is 3.33. The van der Waals surface area contributed by atoms with E-state index in [-0.39, 0.29) is 0 Å². The van der Waals surface area contributed by atoms with Crippen molar-refractivity contribution in [2.75, 3.05) is 0 Å². The molecule has 0 bridgehead atoms. The van der Waals surface area contributed by atoms with Crippen LogP contribution in [0.4, 0.5) is 0 Å². The van der Waals surface area contributed by atoms with Gasteiger partial charge in [-0.25, -0.2) is 0 Å². The SMILES string of the molecule is CC#C[Si](C)(C)Cc1ccccc1. The van der Waals surface area contributed by atoms with Crippen molar-refractivity contribution >= 4 is 8.07 Å². The van der Waals surface area contributed by atoms with Crippen LogP contribution in [0.2, 0.25) is 13.1 Å². The zero-order valence-corrected chi connectivity index (χ0v) is 9.59. The van der Waals surface area contributed by atoms with Gasteiger partial charge in [0.05, 0.1) is 0 Å². The van der Waals surface area contributed by atoms with Gasteiger partial charge in [0.25, 0.3) is 0 Å². The monoisotopic (exact) mass is 188 g/mol. The molecule has 0 aliphatic carbocycles. The summed E-state index contributed by atoms with van der Waals surface area (Å²) in [4.78, 5) is 0. The lowest BCUT2D eigenvalue weighted by atomic mass is 10.2. The first kappa shape index (κ1) is 10.1. The van der Waals surface area contributed by atoms with Gasteiger partial charge in [0.1, 0.15) is 8.07 Å². The Bertz CT molecular complexity index is 314. The summed E-state index contributed by atoms with van der Waals surface area (Å²) in [6, 6.07) is 11.8. The van der Waals surface area contributed by atoms with Crippen LogP contribution in [0.5, 0.6) is 0 Å². The predicted molar refractivity (Wildman–Crippen MR) is 61.1 cm³/mol. The first-order valence-electron chi connectivity index (χ1n) is 4.62. The summed E-state index contributed by atoms with van der Waals surface area (Å²) in [6.45, 7) is 6.56. The van der Waals surface area contributed by atoms with E-state index < -0.39 is 8.07 Å². The molecule has 13 heavy (non-hydrogen) atoms. The van der Waals surface area contributed by atoms with Crippen molar-refractivity contribution in [3.8, 4) is 11.5 Å². The Morgan fingerprint density at radius 2 is 1.77 bits per heavy atom. The van der Waals surface area contributed by atoms with Gasteiger partial charge in [0.15, 0.2) is 0 Å². The smallest absolute Gasteiger partial charge is 0.132 e. The molecule has 0 unspecified atom stereocenters. The second kappa shape index (κ2) is 4.29. The molecular weight excluding hydrogens is 172 g/mol. The van der Waals surface area contributed by atoms with Crippen molar-refractivity contribution in [2.45, 2.75) is 26.1 Å². The molecule has 0 amide bonds. The molecule has 0 aromatic heterocycles. The third-order valence-electron chi connectivity index (χ3n) is 1.95. The standard InChI is InChI=1S/C12H16Si/c1-4-10-13(2,3)11-12-8-6-5-7-9-12/h5-9H,11H2,1-3H3. The molecule has 0 fully saturated rings. The lowest BCUT2D eigenvalue weighted by Crippen LogP contribution is -2.27. The van der Waals surface area contributed by atoms with Gasteiger partial charge < -0.3 is 0 Å². The fourth-order valence-corrected chi connectivity index (χ4v) is 3.51. The quantitative estimate of drug-likeness (QED) is 0.494. The van der Waals surface area contributed by atoms with E-state index in [0.29, 0.717) is 0 Å². The summed E-state index contributed by atoms with van der Waals surface area (Å²) in [5, 5.41) is 0. The molecule has 0 N–H and O–H groups in total. The number of rotatable bonds is 2. The average molecular weight is 188 g/mol. The summed E-state index contributed by atoms with van der Waals surface area (Å²) < 4.78 is 0. The van der Waals surface area contributed by atoms with Crippen molar-refractivity contribution in [1.82, 2.24) is 0 Å². The van der Waals surface area contributed by atoms with Crippen LogP contribution in [0.1, 0.15) is 12.5 Å². The van der Waals surface area contributed by atoms with Crippen molar-refractivity contribution < 1.29 is 0 Å². The lowest BCUT2D eigenvalue weighted by Gasteiger charge is -2.14. The average Bonchev–Trinajstić information content (AvgIpc) is 2.04. The van der Waals surface area contributed by atoms with E-state index in [1.54, 1.807) is 0 Å². The molecule has 1 aromatic carbocycles. The zero-order valence-electron chi connectivity index (χ0n) is 8.59. The van der Waals surface area contributed by atoms with E-state index in [1.165, 1.54) is 5.56 Å². The molecule has 0 spiro atoms. The highest BCUT2D eigenvalue weighted by Crippen LogP contribution is 2.10. The molecule has 1 heteroatoms. The molecule has 1 rings (SSSR count). The summed E-state index contributed by atoms with van der Waals surface area (Å²) >= 11 is 0. The van der Waals surface area contributed by atoms with Crippen molar-refractivity contribution in [3.63, 3.8) is 0 Å². The van der Waals surface area contributed by atoms with E-state index in [4.69, 9.17) is 0 Å². The molecule has 1 aromatic rings. The Balaban J connectivity index is 2.73. The zero-order chi connectivity index (χ0) is 9.73. The van der Waals surface area contributed by atoms with Gasteiger partial charge in [0, 0.05) is 0 Å². The second-order valence-corrected chi connectivity index (χ2v) is 8.29. The number of benzene rings is 1. The van der Waals surface area contributed by atoms with E-state index >= 15 is 0 Å². The van der Waals surface area contributed by atoms with Crippen LogP contribution < -0.4 is 0 Å². The minimum Gasteiger partial charge on any atom is -0.132 e. The highest BCUT2D eigenvalue weighted by molar-refractivity contribution is 6.84. The molecule has 68 valence electrons. The maximum atomic E-state index is 3.36. The summed E-state index contributed by atoms with van der Waals surface area (Å²) in [5.41, 5.74) is 4.78. The van der Waals surface area contributed by atoms with Gasteiger partial charge in [-0.2, -0.15) is 0 Å². The Morgan fingerprint density at radius 1 is 1.15 bits per heavy atom. The predicted octanol–water partition coefficient (Wildman–Crippen LogP) is 3.04. The first-order chi connectivity index (χ1) is 6.14. The minimum absolute atomic E-state index is 1.16. The normalized spacial score (nSPS) is 10.4. The molecule has 0 saturated heterocycles.